The molecule has 1 atom stereocenters. The number of nitrogens with one attached hydrogen (secondary N) is 1. The van der Waals surface area contributed by atoms with E-state index >= 15 is 0 Å². The topological polar surface area (TPSA) is 58.6 Å². The molecular weight excluding hydrogens is 206 g/mol. The average Bonchev–Trinajstić information content (AvgIpc) is 2.61. The number of carbonyl (C=O) groups is 1. The van der Waals surface area contributed by atoms with Crippen LogP contribution in [0.2, 0.25) is 0 Å². The van der Waals surface area contributed by atoms with Crippen molar-refractivity contribution in [2.75, 3.05) is 18.5 Å². The summed E-state index contributed by atoms with van der Waals surface area (Å²) in [5.41, 5.74) is 2.07. The smallest absolute Gasteiger partial charge is 0.304 e. The fourth-order valence-corrected chi connectivity index (χ4v) is 2.03. The summed E-state index contributed by atoms with van der Waals surface area (Å²) in [5, 5.41) is 12.0. The number of fused-ring (bicyclic) bond motifs is 1. The summed E-state index contributed by atoms with van der Waals surface area (Å²) in [6.45, 7) is 3.24. The summed E-state index contributed by atoms with van der Waals surface area (Å²) < 4.78 is 5.41. The van der Waals surface area contributed by atoms with Crippen molar-refractivity contribution in [3.63, 3.8) is 0 Å². The zero-order valence-electron chi connectivity index (χ0n) is 9.19. The van der Waals surface area contributed by atoms with Gasteiger partial charge in [0.05, 0.1) is 13.0 Å². The van der Waals surface area contributed by atoms with Gasteiger partial charge in [-0.1, -0.05) is 0 Å². The molecule has 16 heavy (non-hydrogen) atoms. The van der Waals surface area contributed by atoms with Crippen LogP contribution in [0.1, 0.15) is 24.8 Å². The van der Waals surface area contributed by atoms with E-state index in [2.05, 4.69) is 5.32 Å². The monoisotopic (exact) mass is 221 g/mol. The highest BCUT2D eigenvalue weighted by Crippen LogP contribution is 2.36. The number of carboxylic acids is 1. The van der Waals surface area contributed by atoms with E-state index in [0.29, 0.717) is 13.2 Å². The molecule has 0 fully saturated rings. The first-order chi connectivity index (χ1) is 7.70. The van der Waals surface area contributed by atoms with E-state index in [-0.39, 0.29) is 12.3 Å². The van der Waals surface area contributed by atoms with E-state index < -0.39 is 5.97 Å². The van der Waals surface area contributed by atoms with Crippen LogP contribution in [0.4, 0.5) is 5.69 Å². The van der Waals surface area contributed by atoms with Crippen LogP contribution in [-0.2, 0) is 4.79 Å². The van der Waals surface area contributed by atoms with Gasteiger partial charge in [0.2, 0.25) is 0 Å². The summed E-state index contributed by atoms with van der Waals surface area (Å²) in [6.07, 6.45) is 0.162. The molecule has 0 amide bonds. The number of aliphatic carboxylic acids is 1. The summed E-state index contributed by atoms with van der Waals surface area (Å²) >= 11 is 0. The van der Waals surface area contributed by atoms with Crippen LogP contribution in [0, 0.1) is 0 Å². The van der Waals surface area contributed by atoms with Crippen LogP contribution in [0.5, 0.6) is 5.75 Å². The minimum Gasteiger partial charge on any atom is -0.494 e. The van der Waals surface area contributed by atoms with Gasteiger partial charge in [0.1, 0.15) is 5.75 Å². The average molecular weight is 221 g/mol. The fraction of sp³-hybridized carbons (Fsp3) is 0.417. The molecule has 4 heteroatoms. The summed E-state index contributed by atoms with van der Waals surface area (Å²) in [5.74, 6) is 0.0923. The predicted octanol–water partition coefficient (Wildman–Crippen LogP) is 2.07. The minimum absolute atomic E-state index is 0.0490. The van der Waals surface area contributed by atoms with Gasteiger partial charge in [0.15, 0.2) is 0 Å². The molecule has 0 saturated heterocycles. The minimum atomic E-state index is -0.763. The van der Waals surface area contributed by atoms with Crippen LogP contribution in [0.25, 0.3) is 0 Å². The van der Waals surface area contributed by atoms with Crippen molar-refractivity contribution in [1.29, 1.82) is 0 Å². The van der Waals surface area contributed by atoms with E-state index in [1.54, 1.807) is 0 Å². The maximum absolute atomic E-state index is 10.7. The van der Waals surface area contributed by atoms with E-state index in [1.807, 2.05) is 25.1 Å². The van der Waals surface area contributed by atoms with Gasteiger partial charge in [-0.15, -0.1) is 0 Å². The zero-order valence-corrected chi connectivity index (χ0v) is 9.19. The lowest BCUT2D eigenvalue weighted by Crippen LogP contribution is -2.08. The Morgan fingerprint density at radius 1 is 1.62 bits per heavy atom. The molecule has 2 rings (SSSR count). The van der Waals surface area contributed by atoms with E-state index in [4.69, 9.17) is 9.84 Å². The van der Waals surface area contributed by atoms with Crippen LogP contribution in [0.3, 0.4) is 0 Å². The first kappa shape index (κ1) is 10.8. The molecule has 0 bridgehead atoms. The standard InChI is InChI=1S/C12H15NO3/c1-2-16-9-3-4-11-10(6-9)8(7-13-11)5-12(14)15/h3-4,6,8,13H,2,5,7H2,1H3,(H,14,15). The van der Waals surface area contributed by atoms with Crippen molar-refractivity contribution in [2.45, 2.75) is 19.3 Å². The third kappa shape index (κ3) is 2.10. The van der Waals surface area contributed by atoms with E-state index in [1.165, 1.54) is 0 Å². The molecule has 0 saturated carbocycles. The Hall–Kier alpha value is -1.71. The van der Waals surface area contributed by atoms with Gasteiger partial charge in [0.25, 0.3) is 0 Å². The molecule has 0 aliphatic carbocycles. The van der Waals surface area contributed by atoms with Gasteiger partial charge in [-0.3, -0.25) is 4.79 Å². The van der Waals surface area contributed by atoms with Crippen molar-refractivity contribution in [2.24, 2.45) is 0 Å². The number of carboxylic acid groups (broad SMARTS) is 1. The molecule has 1 aliphatic heterocycles. The van der Waals surface area contributed by atoms with Gasteiger partial charge in [-0.2, -0.15) is 0 Å². The Balaban J connectivity index is 2.22. The molecule has 0 radical (unpaired) electrons. The Labute approximate surface area is 94.2 Å². The summed E-state index contributed by atoms with van der Waals surface area (Å²) in [6, 6.07) is 5.78. The van der Waals surface area contributed by atoms with Crippen LogP contribution in [0.15, 0.2) is 18.2 Å². The highest BCUT2D eigenvalue weighted by molar-refractivity contribution is 5.71. The SMILES string of the molecule is CCOc1ccc2c(c1)C(CC(=O)O)CN2. The summed E-state index contributed by atoms with van der Waals surface area (Å²) in [7, 11) is 0. The first-order valence-electron chi connectivity index (χ1n) is 5.43. The highest BCUT2D eigenvalue weighted by atomic mass is 16.5. The Bertz CT molecular complexity index is 403. The van der Waals surface area contributed by atoms with Gasteiger partial charge in [-0.25, -0.2) is 0 Å². The van der Waals surface area contributed by atoms with Crippen LogP contribution in [-0.4, -0.2) is 24.2 Å². The van der Waals surface area contributed by atoms with Crippen molar-refractivity contribution in [1.82, 2.24) is 0 Å². The molecule has 1 heterocycles. The maximum Gasteiger partial charge on any atom is 0.304 e. The summed E-state index contributed by atoms with van der Waals surface area (Å²) in [4.78, 5) is 10.7. The van der Waals surface area contributed by atoms with E-state index in [9.17, 15) is 4.79 Å². The number of ether oxygens (including phenoxy) is 1. The third-order valence-corrected chi connectivity index (χ3v) is 2.73. The van der Waals surface area contributed by atoms with Crippen LogP contribution >= 0.6 is 0 Å². The molecule has 1 aromatic carbocycles. The lowest BCUT2D eigenvalue weighted by Gasteiger charge is -2.09. The Morgan fingerprint density at radius 2 is 2.44 bits per heavy atom. The molecule has 86 valence electrons. The number of anilines is 1. The molecule has 0 spiro atoms. The Kier molecular flexibility index (Phi) is 2.99. The van der Waals surface area contributed by atoms with Gasteiger partial charge in [-0.05, 0) is 30.7 Å². The lowest BCUT2D eigenvalue weighted by molar-refractivity contribution is -0.137. The zero-order chi connectivity index (χ0) is 11.5. The second kappa shape index (κ2) is 4.43. The number of hydrogen-bond acceptors (Lipinski definition) is 3. The number of benzene rings is 1. The largest absolute Gasteiger partial charge is 0.494 e. The van der Waals surface area contributed by atoms with Gasteiger partial charge in [0, 0.05) is 18.2 Å². The van der Waals surface area contributed by atoms with Crippen LogP contribution < -0.4 is 10.1 Å². The third-order valence-electron chi connectivity index (χ3n) is 2.73. The molecule has 1 aromatic rings. The molecule has 2 N–H and O–H groups in total. The van der Waals surface area contributed by atoms with E-state index in [0.717, 1.165) is 17.0 Å². The van der Waals surface area contributed by atoms with Crippen molar-refractivity contribution in [3.05, 3.63) is 23.8 Å². The second-order valence-electron chi connectivity index (χ2n) is 3.86. The lowest BCUT2D eigenvalue weighted by atomic mass is 9.98. The van der Waals surface area contributed by atoms with Gasteiger partial charge >= 0.3 is 5.97 Å². The molecule has 0 aromatic heterocycles. The molecule has 1 aliphatic rings. The van der Waals surface area contributed by atoms with Crippen molar-refractivity contribution >= 4 is 11.7 Å². The maximum atomic E-state index is 10.7. The fourth-order valence-electron chi connectivity index (χ4n) is 2.03. The van der Waals surface area contributed by atoms with Crippen molar-refractivity contribution < 1.29 is 14.6 Å². The van der Waals surface area contributed by atoms with Gasteiger partial charge < -0.3 is 15.2 Å². The Morgan fingerprint density at radius 3 is 3.12 bits per heavy atom. The molecule has 4 nitrogen and oxygen atoms in total. The normalized spacial score (nSPS) is 17.7. The number of hydrogen-bond donors (Lipinski definition) is 2. The number of rotatable bonds is 4. The molecule has 1 unspecified atom stereocenters. The quantitative estimate of drug-likeness (QED) is 0.817. The predicted molar refractivity (Wildman–Crippen MR) is 61.1 cm³/mol. The molecular formula is C12H15NO3. The highest BCUT2D eigenvalue weighted by Gasteiger charge is 2.24. The van der Waals surface area contributed by atoms with Crippen molar-refractivity contribution in [3.8, 4) is 5.75 Å². The first-order valence-corrected chi connectivity index (χ1v) is 5.43. The second-order valence-corrected chi connectivity index (χ2v) is 3.86.